The third kappa shape index (κ3) is 3.92. The van der Waals surface area contributed by atoms with E-state index in [9.17, 15) is 8.42 Å². The van der Waals surface area contributed by atoms with Gasteiger partial charge in [-0.3, -0.25) is 4.68 Å². The molecule has 0 saturated heterocycles. The molecule has 0 spiro atoms. The van der Waals surface area contributed by atoms with Crippen molar-refractivity contribution in [3.8, 4) is 0 Å². The van der Waals surface area contributed by atoms with E-state index >= 15 is 0 Å². The van der Waals surface area contributed by atoms with E-state index in [1.165, 1.54) is 4.31 Å². The topological polar surface area (TPSA) is 55.2 Å². The van der Waals surface area contributed by atoms with Gasteiger partial charge in [0, 0.05) is 26.8 Å². The molecule has 7 heteroatoms. The van der Waals surface area contributed by atoms with Crippen LogP contribution in [0.3, 0.4) is 0 Å². The molecular formula is C8H14BrN3O2S. The van der Waals surface area contributed by atoms with E-state index in [1.807, 2.05) is 6.20 Å². The van der Waals surface area contributed by atoms with Gasteiger partial charge in [-0.1, -0.05) is 0 Å². The maximum absolute atomic E-state index is 11.4. The Balaban J connectivity index is 2.40. The lowest BCUT2D eigenvalue weighted by molar-refractivity contribution is 0.511. The predicted octanol–water partition coefficient (Wildman–Crippen LogP) is 0.927. The quantitative estimate of drug-likeness (QED) is 0.812. The smallest absolute Gasteiger partial charge is 0.213 e. The summed E-state index contributed by atoms with van der Waals surface area (Å²) in [5.74, 6) is 0.150. The monoisotopic (exact) mass is 295 g/mol. The Labute approximate surface area is 98.3 Å². The highest BCUT2D eigenvalue weighted by Gasteiger charge is 2.12. The third-order valence-corrected chi connectivity index (χ3v) is 4.27. The summed E-state index contributed by atoms with van der Waals surface area (Å²) in [6.45, 7) is 0.610. The summed E-state index contributed by atoms with van der Waals surface area (Å²) in [6.07, 6.45) is 4.07. The summed E-state index contributed by atoms with van der Waals surface area (Å²) < 4.78 is 26.7. The van der Waals surface area contributed by atoms with Gasteiger partial charge in [0.1, 0.15) is 0 Å². The first-order chi connectivity index (χ1) is 6.92. The molecule has 0 aliphatic rings. The lowest BCUT2D eigenvalue weighted by atomic mass is 10.5. The maximum atomic E-state index is 11.4. The van der Waals surface area contributed by atoms with Crippen LogP contribution in [0.2, 0.25) is 0 Å². The predicted molar refractivity (Wildman–Crippen MR) is 62.0 cm³/mol. The Morgan fingerprint density at radius 1 is 1.53 bits per heavy atom. The summed E-state index contributed by atoms with van der Waals surface area (Å²) in [4.78, 5) is 0. The lowest BCUT2D eigenvalue weighted by Crippen LogP contribution is -2.25. The number of hydrogen-bond donors (Lipinski definition) is 0. The minimum atomic E-state index is -3.08. The summed E-state index contributed by atoms with van der Waals surface area (Å²) in [5, 5.41) is 4.04. The van der Waals surface area contributed by atoms with Crippen molar-refractivity contribution in [3.63, 3.8) is 0 Å². The van der Waals surface area contributed by atoms with E-state index in [-0.39, 0.29) is 5.75 Å². The molecule has 0 aliphatic carbocycles. The Hall–Kier alpha value is -0.400. The van der Waals surface area contributed by atoms with Crippen LogP contribution in [0.1, 0.15) is 6.42 Å². The van der Waals surface area contributed by atoms with Crippen molar-refractivity contribution in [1.82, 2.24) is 14.1 Å². The van der Waals surface area contributed by atoms with Gasteiger partial charge < -0.3 is 0 Å². The molecule has 1 rings (SSSR count). The molecule has 0 amide bonds. The Morgan fingerprint density at radius 3 is 2.67 bits per heavy atom. The molecule has 86 valence electrons. The van der Waals surface area contributed by atoms with E-state index in [4.69, 9.17) is 0 Å². The van der Waals surface area contributed by atoms with Gasteiger partial charge in [-0.15, -0.1) is 0 Å². The molecule has 0 aliphatic heterocycles. The molecule has 0 aromatic carbocycles. The largest absolute Gasteiger partial charge is 0.272 e. The molecule has 5 nitrogen and oxygen atoms in total. The van der Waals surface area contributed by atoms with Gasteiger partial charge in [0.05, 0.1) is 16.4 Å². The minimum absolute atomic E-state index is 0.150. The zero-order valence-corrected chi connectivity index (χ0v) is 11.1. The van der Waals surface area contributed by atoms with E-state index in [2.05, 4.69) is 21.0 Å². The van der Waals surface area contributed by atoms with Gasteiger partial charge in [0.2, 0.25) is 10.0 Å². The third-order valence-electron chi connectivity index (χ3n) is 1.95. The number of hydrogen-bond acceptors (Lipinski definition) is 3. The van der Waals surface area contributed by atoms with E-state index in [1.54, 1.807) is 25.0 Å². The highest BCUT2D eigenvalue weighted by Crippen LogP contribution is 2.07. The summed E-state index contributed by atoms with van der Waals surface area (Å²) >= 11 is 3.28. The number of sulfonamides is 1. The molecule has 15 heavy (non-hydrogen) atoms. The van der Waals surface area contributed by atoms with Crippen LogP contribution in [0.15, 0.2) is 16.9 Å². The zero-order chi connectivity index (χ0) is 11.5. The summed E-state index contributed by atoms with van der Waals surface area (Å²) in [5.41, 5.74) is 0. The molecule has 0 atom stereocenters. The maximum Gasteiger partial charge on any atom is 0.213 e. The Bertz CT molecular complexity index is 413. The molecule has 0 saturated carbocycles. The van der Waals surface area contributed by atoms with Crippen LogP contribution in [0.25, 0.3) is 0 Å². The first kappa shape index (κ1) is 12.7. The zero-order valence-electron chi connectivity index (χ0n) is 8.72. The fraction of sp³-hybridized carbons (Fsp3) is 0.625. The standard InChI is InChI=1S/C8H14BrN3O2S/c1-11(2)15(13,14)5-3-4-12-7-8(9)6-10-12/h6-7H,3-5H2,1-2H3. The molecule has 0 unspecified atom stereocenters. The van der Waals surface area contributed by atoms with Crippen LogP contribution < -0.4 is 0 Å². The normalized spacial score (nSPS) is 12.3. The van der Waals surface area contributed by atoms with Crippen molar-refractivity contribution in [3.05, 3.63) is 16.9 Å². The summed E-state index contributed by atoms with van der Waals surface area (Å²) in [6, 6.07) is 0. The van der Waals surface area contributed by atoms with Gasteiger partial charge in [-0.05, 0) is 22.4 Å². The highest BCUT2D eigenvalue weighted by molar-refractivity contribution is 9.10. The van der Waals surface area contributed by atoms with Crippen LogP contribution in [0.4, 0.5) is 0 Å². The second-order valence-corrected chi connectivity index (χ2v) is 6.59. The van der Waals surface area contributed by atoms with Crippen molar-refractivity contribution >= 4 is 26.0 Å². The molecule has 0 N–H and O–H groups in total. The number of nitrogens with zero attached hydrogens (tertiary/aromatic N) is 3. The van der Waals surface area contributed by atoms with E-state index in [0.717, 1.165) is 4.47 Å². The van der Waals surface area contributed by atoms with Crippen molar-refractivity contribution in [2.75, 3.05) is 19.8 Å². The second kappa shape index (κ2) is 5.09. The van der Waals surface area contributed by atoms with Crippen LogP contribution >= 0.6 is 15.9 Å². The SMILES string of the molecule is CN(C)S(=O)(=O)CCCn1cc(Br)cn1. The minimum Gasteiger partial charge on any atom is -0.272 e. The van der Waals surface area contributed by atoms with Crippen LogP contribution in [-0.4, -0.2) is 42.4 Å². The molecule has 1 aromatic rings. The number of rotatable bonds is 5. The fourth-order valence-electron chi connectivity index (χ4n) is 1.05. The number of halogens is 1. The van der Waals surface area contributed by atoms with Crippen molar-refractivity contribution < 1.29 is 8.42 Å². The summed E-state index contributed by atoms with van der Waals surface area (Å²) in [7, 11) is 0.00196. The van der Waals surface area contributed by atoms with E-state index < -0.39 is 10.0 Å². The first-order valence-electron chi connectivity index (χ1n) is 4.50. The van der Waals surface area contributed by atoms with Gasteiger partial charge >= 0.3 is 0 Å². The van der Waals surface area contributed by atoms with Gasteiger partial charge in [-0.2, -0.15) is 5.10 Å². The van der Waals surface area contributed by atoms with Crippen LogP contribution in [0, 0.1) is 0 Å². The van der Waals surface area contributed by atoms with Crippen molar-refractivity contribution in [2.24, 2.45) is 0 Å². The van der Waals surface area contributed by atoms with Crippen LogP contribution in [-0.2, 0) is 16.6 Å². The first-order valence-corrected chi connectivity index (χ1v) is 6.90. The van der Waals surface area contributed by atoms with Crippen molar-refractivity contribution in [2.45, 2.75) is 13.0 Å². The molecule has 1 heterocycles. The molecule has 0 radical (unpaired) electrons. The van der Waals surface area contributed by atoms with Crippen LogP contribution in [0.5, 0.6) is 0 Å². The Kier molecular flexibility index (Phi) is 4.30. The average molecular weight is 296 g/mol. The van der Waals surface area contributed by atoms with Gasteiger partial charge in [0.25, 0.3) is 0 Å². The second-order valence-electron chi connectivity index (χ2n) is 3.37. The van der Waals surface area contributed by atoms with Crippen molar-refractivity contribution in [1.29, 1.82) is 0 Å². The molecule has 1 aromatic heterocycles. The van der Waals surface area contributed by atoms with Gasteiger partial charge in [-0.25, -0.2) is 12.7 Å². The average Bonchev–Trinajstić information content (AvgIpc) is 2.51. The number of aryl methyl sites for hydroxylation is 1. The molecule has 0 fully saturated rings. The van der Waals surface area contributed by atoms with Gasteiger partial charge in [0.15, 0.2) is 0 Å². The van der Waals surface area contributed by atoms with E-state index in [0.29, 0.717) is 13.0 Å². The Morgan fingerprint density at radius 2 is 2.20 bits per heavy atom. The fourth-order valence-corrected chi connectivity index (χ4v) is 2.24. The molecular weight excluding hydrogens is 282 g/mol. The highest BCUT2D eigenvalue weighted by atomic mass is 79.9. The lowest BCUT2D eigenvalue weighted by Gasteiger charge is -2.10. The molecule has 0 bridgehead atoms. The number of aromatic nitrogens is 2.